The van der Waals surface area contributed by atoms with Gasteiger partial charge in [-0.25, -0.2) is 17.6 Å². The van der Waals surface area contributed by atoms with Gasteiger partial charge in [0.15, 0.2) is 5.79 Å². The monoisotopic (exact) mass is 532 g/mol. The molecule has 200 valence electrons. The quantitative estimate of drug-likeness (QED) is 0.542. The molecule has 3 atom stereocenters. The molecule has 3 aliphatic rings. The summed E-state index contributed by atoms with van der Waals surface area (Å²) in [7, 11) is -2.36. The molecule has 0 aromatic heterocycles. The van der Waals surface area contributed by atoms with E-state index < -0.39 is 38.9 Å². The molecule has 10 heteroatoms. The Morgan fingerprint density at radius 3 is 2.54 bits per heavy atom. The summed E-state index contributed by atoms with van der Waals surface area (Å²) in [4.78, 5) is 14.4. The predicted octanol–water partition coefficient (Wildman–Crippen LogP) is 3.77. The van der Waals surface area contributed by atoms with E-state index in [1.165, 1.54) is 17.5 Å². The van der Waals surface area contributed by atoms with Gasteiger partial charge in [-0.3, -0.25) is 0 Å². The lowest BCUT2D eigenvalue weighted by molar-refractivity contribution is -0.183. The molecule has 0 radical (unpaired) electrons. The van der Waals surface area contributed by atoms with E-state index in [0.29, 0.717) is 50.3 Å². The van der Waals surface area contributed by atoms with Gasteiger partial charge in [0.05, 0.1) is 20.3 Å². The summed E-state index contributed by atoms with van der Waals surface area (Å²) in [5.41, 5.74) is 1.57. The van der Waals surface area contributed by atoms with Crippen LogP contribution in [0.15, 0.2) is 48.5 Å². The predicted molar refractivity (Wildman–Crippen MR) is 136 cm³/mol. The first kappa shape index (κ1) is 26.1. The SMILES string of the molecule is COC(=O)C1CC2(CCN1c1ccc(CN3C(C)CCC(c4ccccc4)S3(=O)=O)c(F)c1)OCCO2. The number of rotatable bonds is 5. The second kappa shape index (κ2) is 10.3. The van der Waals surface area contributed by atoms with Crippen molar-refractivity contribution in [3.8, 4) is 0 Å². The average Bonchev–Trinajstić information content (AvgIpc) is 3.34. The molecule has 3 heterocycles. The van der Waals surface area contributed by atoms with Crippen molar-refractivity contribution in [1.29, 1.82) is 0 Å². The minimum absolute atomic E-state index is 0.0514. The molecule has 3 fully saturated rings. The fourth-order valence-corrected chi connectivity index (χ4v) is 7.92. The molecule has 2 aromatic rings. The van der Waals surface area contributed by atoms with E-state index in [9.17, 15) is 13.2 Å². The highest BCUT2D eigenvalue weighted by molar-refractivity contribution is 7.89. The molecule has 0 N–H and O–H groups in total. The summed E-state index contributed by atoms with van der Waals surface area (Å²) >= 11 is 0. The number of carbonyl (C=O) groups is 1. The standard InChI is InChI=1S/C27H33FN2O6S/c1-19-8-11-25(20-6-4-3-5-7-20)37(32,33)30(19)18-21-9-10-22(16-23(21)28)29-13-12-27(35-14-15-36-27)17-24(29)26(31)34-2/h3-7,9-10,16,19,24-25H,8,11-15,17-18H2,1-2H3. The zero-order valence-electron chi connectivity index (χ0n) is 21.1. The van der Waals surface area contributed by atoms with Gasteiger partial charge >= 0.3 is 5.97 Å². The van der Waals surface area contributed by atoms with E-state index in [4.69, 9.17) is 14.2 Å². The van der Waals surface area contributed by atoms with Crippen LogP contribution in [0.1, 0.15) is 49.0 Å². The summed E-state index contributed by atoms with van der Waals surface area (Å²) in [6.45, 7) is 3.18. The lowest BCUT2D eigenvalue weighted by atomic mass is 9.94. The van der Waals surface area contributed by atoms with E-state index in [2.05, 4.69) is 0 Å². The number of benzene rings is 2. The summed E-state index contributed by atoms with van der Waals surface area (Å²) in [5.74, 6) is -1.77. The minimum atomic E-state index is -3.68. The third-order valence-corrected chi connectivity index (χ3v) is 10.2. The van der Waals surface area contributed by atoms with Crippen LogP contribution in [0.4, 0.5) is 10.1 Å². The van der Waals surface area contributed by atoms with Crippen molar-refractivity contribution >= 4 is 21.7 Å². The Bertz CT molecular complexity index is 1230. The van der Waals surface area contributed by atoms with Crippen molar-refractivity contribution < 1.29 is 31.8 Å². The number of piperidine rings is 1. The van der Waals surface area contributed by atoms with Gasteiger partial charge in [0.25, 0.3) is 0 Å². The summed E-state index contributed by atoms with van der Waals surface area (Å²) in [6.07, 6.45) is 2.05. The number of hydrogen-bond acceptors (Lipinski definition) is 7. The number of hydrogen-bond donors (Lipinski definition) is 0. The maximum absolute atomic E-state index is 15.4. The molecule has 3 saturated heterocycles. The summed E-state index contributed by atoms with van der Waals surface area (Å²) in [5, 5.41) is -0.645. The largest absolute Gasteiger partial charge is 0.467 e. The molecule has 5 rings (SSSR count). The van der Waals surface area contributed by atoms with Crippen molar-refractivity contribution in [3.05, 3.63) is 65.5 Å². The average molecular weight is 533 g/mol. The first-order valence-electron chi connectivity index (χ1n) is 12.7. The topological polar surface area (TPSA) is 85.4 Å². The Hall–Kier alpha value is -2.53. The lowest BCUT2D eigenvalue weighted by Crippen LogP contribution is -2.54. The summed E-state index contributed by atoms with van der Waals surface area (Å²) in [6, 6.07) is 13.0. The zero-order chi connectivity index (χ0) is 26.2. The van der Waals surface area contributed by atoms with Gasteiger partial charge in [0.2, 0.25) is 10.0 Å². The van der Waals surface area contributed by atoms with Gasteiger partial charge in [-0.05, 0) is 37.5 Å². The number of ether oxygens (including phenoxy) is 3. The van der Waals surface area contributed by atoms with E-state index in [1.807, 2.05) is 37.3 Å². The van der Waals surface area contributed by atoms with Crippen molar-refractivity contribution in [1.82, 2.24) is 4.31 Å². The molecular formula is C27H33FN2O6S. The summed E-state index contributed by atoms with van der Waals surface area (Å²) < 4.78 is 60.6. The molecule has 3 unspecified atom stereocenters. The highest BCUT2D eigenvalue weighted by Crippen LogP contribution is 2.40. The fraction of sp³-hybridized carbons (Fsp3) is 0.519. The van der Waals surface area contributed by atoms with Crippen LogP contribution in [-0.2, 0) is 35.6 Å². The van der Waals surface area contributed by atoms with Crippen molar-refractivity contribution in [2.24, 2.45) is 0 Å². The Morgan fingerprint density at radius 2 is 1.86 bits per heavy atom. The molecule has 0 saturated carbocycles. The molecular weight excluding hydrogens is 499 g/mol. The van der Waals surface area contributed by atoms with Gasteiger partial charge < -0.3 is 19.1 Å². The van der Waals surface area contributed by atoms with Gasteiger partial charge in [0, 0.05) is 43.2 Å². The van der Waals surface area contributed by atoms with Crippen LogP contribution in [-0.4, -0.2) is 63.4 Å². The highest BCUT2D eigenvalue weighted by atomic mass is 32.2. The third-order valence-electron chi connectivity index (χ3n) is 7.79. The van der Waals surface area contributed by atoms with Crippen LogP contribution in [0, 0.1) is 5.82 Å². The highest BCUT2D eigenvalue weighted by Gasteiger charge is 2.47. The van der Waals surface area contributed by atoms with Crippen molar-refractivity contribution in [2.75, 3.05) is 31.8 Å². The minimum Gasteiger partial charge on any atom is -0.467 e. The van der Waals surface area contributed by atoms with Gasteiger partial charge in [0.1, 0.15) is 17.1 Å². The van der Waals surface area contributed by atoms with E-state index >= 15 is 4.39 Å². The maximum atomic E-state index is 15.4. The number of sulfonamides is 1. The molecule has 0 amide bonds. The van der Waals surface area contributed by atoms with Crippen LogP contribution < -0.4 is 4.90 Å². The Morgan fingerprint density at radius 1 is 1.14 bits per heavy atom. The number of nitrogens with zero attached hydrogens (tertiary/aromatic N) is 2. The van der Waals surface area contributed by atoms with E-state index in [0.717, 1.165) is 5.56 Å². The van der Waals surface area contributed by atoms with Crippen molar-refractivity contribution in [3.63, 3.8) is 0 Å². The Balaban J connectivity index is 1.37. The third kappa shape index (κ3) is 4.99. The lowest BCUT2D eigenvalue weighted by Gasteiger charge is -2.43. The first-order chi connectivity index (χ1) is 17.7. The number of anilines is 1. The van der Waals surface area contributed by atoms with E-state index in [-0.39, 0.29) is 19.0 Å². The Labute approximate surface area is 217 Å². The van der Waals surface area contributed by atoms with Gasteiger partial charge in [-0.15, -0.1) is 0 Å². The smallest absolute Gasteiger partial charge is 0.328 e. The van der Waals surface area contributed by atoms with Crippen LogP contribution in [0.2, 0.25) is 0 Å². The number of carbonyl (C=O) groups excluding carboxylic acids is 1. The number of esters is 1. The van der Waals surface area contributed by atoms with Gasteiger partial charge in [-0.1, -0.05) is 36.4 Å². The normalized spacial score (nSPS) is 27.3. The molecule has 0 bridgehead atoms. The molecule has 2 aromatic carbocycles. The van der Waals surface area contributed by atoms with Crippen molar-refractivity contribution in [2.45, 2.75) is 62.3 Å². The molecule has 8 nitrogen and oxygen atoms in total. The first-order valence-corrected chi connectivity index (χ1v) is 14.2. The fourth-order valence-electron chi connectivity index (χ4n) is 5.73. The van der Waals surface area contributed by atoms with Crippen LogP contribution >= 0.6 is 0 Å². The molecule has 37 heavy (non-hydrogen) atoms. The number of methoxy groups -OCH3 is 1. The van der Waals surface area contributed by atoms with Crippen LogP contribution in [0.25, 0.3) is 0 Å². The molecule has 0 aliphatic carbocycles. The van der Waals surface area contributed by atoms with Gasteiger partial charge in [-0.2, -0.15) is 4.31 Å². The van der Waals surface area contributed by atoms with Crippen LogP contribution in [0.3, 0.4) is 0 Å². The second-order valence-electron chi connectivity index (χ2n) is 9.99. The molecule has 1 spiro atoms. The zero-order valence-corrected chi connectivity index (χ0v) is 22.0. The maximum Gasteiger partial charge on any atom is 0.328 e. The Kier molecular flexibility index (Phi) is 7.28. The molecule has 3 aliphatic heterocycles. The second-order valence-corrected chi connectivity index (χ2v) is 12.1. The van der Waals surface area contributed by atoms with Crippen LogP contribution in [0.5, 0.6) is 0 Å². The van der Waals surface area contributed by atoms with E-state index in [1.54, 1.807) is 17.0 Å². The number of halogens is 1.